The maximum absolute atomic E-state index is 14.5. The number of rotatable bonds is 9. The number of carbonyl (C=O) groups excluding carboxylic acids is 1. The number of nitrogens with one attached hydrogen (secondary N) is 1. The number of methoxy groups -OCH3 is 1. The summed E-state index contributed by atoms with van der Waals surface area (Å²) in [5.41, 5.74) is 0.844. The Balaban J connectivity index is 1.81. The highest BCUT2D eigenvalue weighted by molar-refractivity contribution is 7.92. The SMILES string of the molecule is COc1ccc(S(=O)(=O)N(CC(=O)NCCc2ccccc2)c2ccccc2F)cc1. The number of benzene rings is 3. The average molecular weight is 443 g/mol. The molecule has 0 bridgehead atoms. The fourth-order valence-electron chi connectivity index (χ4n) is 3.01. The van der Waals surface area contributed by atoms with Gasteiger partial charge >= 0.3 is 0 Å². The van der Waals surface area contributed by atoms with Gasteiger partial charge in [0.15, 0.2) is 0 Å². The van der Waals surface area contributed by atoms with Gasteiger partial charge in [-0.05, 0) is 48.4 Å². The number of hydrogen-bond acceptors (Lipinski definition) is 4. The molecule has 6 nitrogen and oxygen atoms in total. The molecule has 1 N–H and O–H groups in total. The second-order valence-corrected chi connectivity index (χ2v) is 8.59. The van der Waals surface area contributed by atoms with Gasteiger partial charge in [-0.1, -0.05) is 42.5 Å². The first-order chi connectivity index (χ1) is 14.9. The highest BCUT2D eigenvalue weighted by Gasteiger charge is 2.29. The predicted octanol–water partition coefficient (Wildman–Crippen LogP) is 3.39. The molecule has 31 heavy (non-hydrogen) atoms. The number of para-hydroxylation sites is 1. The molecule has 0 aliphatic rings. The normalized spacial score (nSPS) is 11.0. The van der Waals surface area contributed by atoms with Crippen molar-refractivity contribution < 1.29 is 22.3 Å². The van der Waals surface area contributed by atoms with Crippen molar-refractivity contribution in [1.82, 2.24) is 5.32 Å². The maximum atomic E-state index is 14.5. The molecule has 3 aromatic rings. The third-order valence-corrected chi connectivity index (χ3v) is 6.41. The Morgan fingerprint density at radius 3 is 2.26 bits per heavy atom. The zero-order valence-corrected chi connectivity index (χ0v) is 17.8. The van der Waals surface area contributed by atoms with E-state index in [1.54, 1.807) is 0 Å². The number of sulfonamides is 1. The van der Waals surface area contributed by atoms with Crippen LogP contribution in [0.4, 0.5) is 10.1 Å². The van der Waals surface area contributed by atoms with Crippen LogP contribution < -0.4 is 14.4 Å². The van der Waals surface area contributed by atoms with Crippen LogP contribution in [0.2, 0.25) is 0 Å². The molecule has 0 radical (unpaired) electrons. The Hall–Kier alpha value is -3.39. The molecule has 0 fully saturated rings. The number of halogens is 1. The number of hydrogen-bond donors (Lipinski definition) is 1. The summed E-state index contributed by atoms with van der Waals surface area (Å²) in [6.07, 6.45) is 0.595. The van der Waals surface area contributed by atoms with E-state index in [9.17, 15) is 17.6 Å². The van der Waals surface area contributed by atoms with E-state index in [0.717, 1.165) is 15.9 Å². The number of nitrogens with zero attached hydrogens (tertiary/aromatic N) is 1. The van der Waals surface area contributed by atoms with Crippen LogP contribution in [0.5, 0.6) is 5.75 Å². The molecule has 0 atom stereocenters. The molecule has 0 unspecified atom stereocenters. The summed E-state index contributed by atoms with van der Waals surface area (Å²) in [7, 11) is -2.73. The lowest BCUT2D eigenvalue weighted by atomic mass is 10.1. The molecule has 8 heteroatoms. The van der Waals surface area contributed by atoms with Gasteiger partial charge in [0.05, 0.1) is 17.7 Å². The van der Waals surface area contributed by atoms with E-state index in [4.69, 9.17) is 4.74 Å². The third-order valence-electron chi connectivity index (χ3n) is 4.63. The lowest BCUT2D eigenvalue weighted by Gasteiger charge is -2.24. The standard InChI is InChI=1S/C23H23FN2O4S/c1-30-19-11-13-20(14-12-19)31(28,29)26(22-10-6-5-9-21(22)24)17-23(27)25-16-15-18-7-3-2-4-8-18/h2-14H,15-17H2,1H3,(H,25,27). The highest BCUT2D eigenvalue weighted by atomic mass is 32.2. The zero-order valence-electron chi connectivity index (χ0n) is 17.0. The van der Waals surface area contributed by atoms with Crippen LogP contribution >= 0.6 is 0 Å². The Morgan fingerprint density at radius 2 is 1.61 bits per heavy atom. The zero-order chi connectivity index (χ0) is 22.3. The van der Waals surface area contributed by atoms with E-state index >= 15 is 0 Å². The summed E-state index contributed by atoms with van der Waals surface area (Å²) < 4.78 is 46.8. The second-order valence-electron chi connectivity index (χ2n) is 6.72. The van der Waals surface area contributed by atoms with Crippen molar-refractivity contribution in [2.24, 2.45) is 0 Å². The van der Waals surface area contributed by atoms with Gasteiger partial charge in [0.25, 0.3) is 10.0 Å². The van der Waals surface area contributed by atoms with Gasteiger partial charge in [0.2, 0.25) is 5.91 Å². The first-order valence-electron chi connectivity index (χ1n) is 9.64. The Labute approximate surface area is 181 Å². The summed E-state index contributed by atoms with van der Waals surface area (Å²) in [6, 6.07) is 20.7. The Morgan fingerprint density at radius 1 is 0.968 bits per heavy atom. The van der Waals surface area contributed by atoms with Gasteiger partial charge in [-0.3, -0.25) is 9.10 Å². The minimum absolute atomic E-state index is 0.0753. The van der Waals surface area contributed by atoms with Crippen molar-refractivity contribution in [1.29, 1.82) is 0 Å². The van der Waals surface area contributed by atoms with Crippen molar-refractivity contribution in [2.75, 3.05) is 24.5 Å². The van der Waals surface area contributed by atoms with Crippen LogP contribution in [0.1, 0.15) is 5.56 Å². The molecule has 3 aromatic carbocycles. The highest BCUT2D eigenvalue weighted by Crippen LogP contribution is 2.27. The average Bonchev–Trinajstić information content (AvgIpc) is 2.79. The van der Waals surface area contributed by atoms with Crippen molar-refractivity contribution in [3.63, 3.8) is 0 Å². The van der Waals surface area contributed by atoms with E-state index in [2.05, 4.69) is 5.32 Å². The monoisotopic (exact) mass is 442 g/mol. The van der Waals surface area contributed by atoms with E-state index < -0.39 is 28.3 Å². The molecule has 0 spiro atoms. The van der Waals surface area contributed by atoms with Crippen molar-refractivity contribution in [3.05, 3.63) is 90.2 Å². The molecule has 0 aromatic heterocycles. The fourth-order valence-corrected chi connectivity index (χ4v) is 4.43. The minimum Gasteiger partial charge on any atom is -0.497 e. The molecule has 0 saturated carbocycles. The maximum Gasteiger partial charge on any atom is 0.264 e. The molecule has 0 heterocycles. The van der Waals surface area contributed by atoms with Gasteiger partial charge in [0.1, 0.15) is 18.1 Å². The van der Waals surface area contributed by atoms with E-state index in [-0.39, 0.29) is 10.6 Å². The van der Waals surface area contributed by atoms with Crippen LogP contribution in [0.3, 0.4) is 0 Å². The van der Waals surface area contributed by atoms with Gasteiger partial charge in [0, 0.05) is 6.54 Å². The summed E-state index contributed by atoms with van der Waals surface area (Å²) in [6.45, 7) is -0.222. The molecule has 0 saturated heterocycles. The summed E-state index contributed by atoms with van der Waals surface area (Å²) >= 11 is 0. The molecule has 3 rings (SSSR count). The molecule has 1 amide bonds. The van der Waals surface area contributed by atoms with Crippen LogP contribution in [0.25, 0.3) is 0 Å². The van der Waals surface area contributed by atoms with E-state index in [0.29, 0.717) is 18.7 Å². The summed E-state index contributed by atoms with van der Waals surface area (Å²) in [5, 5.41) is 2.71. The second kappa shape index (κ2) is 10.1. The lowest BCUT2D eigenvalue weighted by Crippen LogP contribution is -2.41. The fraction of sp³-hybridized carbons (Fsp3) is 0.174. The smallest absolute Gasteiger partial charge is 0.264 e. The molecular formula is C23H23FN2O4S. The van der Waals surface area contributed by atoms with Crippen molar-refractivity contribution >= 4 is 21.6 Å². The van der Waals surface area contributed by atoms with Crippen LogP contribution in [-0.2, 0) is 21.2 Å². The summed E-state index contributed by atoms with van der Waals surface area (Å²) in [5.74, 6) is -0.789. The Kier molecular flexibility index (Phi) is 7.25. The van der Waals surface area contributed by atoms with Crippen LogP contribution in [0, 0.1) is 5.82 Å². The quantitative estimate of drug-likeness (QED) is 0.551. The van der Waals surface area contributed by atoms with Gasteiger partial charge in [-0.15, -0.1) is 0 Å². The van der Waals surface area contributed by atoms with Crippen LogP contribution in [-0.4, -0.2) is 34.5 Å². The topological polar surface area (TPSA) is 75.7 Å². The largest absolute Gasteiger partial charge is 0.497 e. The molecule has 0 aliphatic heterocycles. The van der Waals surface area contributed by atoms with Crippen LogP contribution in [0.15, 0.2) is 83.8 Å². The van der Waals surface area contributed by atoms with Gasteiger partial charge < -0.3 is 10.1 Å². The number of ether oxygens (including phenoxy) is 1. The van der Waals surface area contributed by atoms with E-state index in [1.165, 1.54) is 49.6 Å². The Bertz CT molecular complexity index is 1120. The predicted molar refractivity (Wildman–Crippen MR) is 117 cm³/mol. The number of anilines is 1. The van der Waals surface area contributed by atoms with E-state index in [1.807, 2.05) is 30.3 Å². The molecular weight excluding hydrogens is 419 g/mol. The third kappa shape index (κ3) is 5.61. The number of amides is 1. The van der Waals surface area contributed by atoms with Gasteiger partial charge in [-0.25, -0.2) is 12.8 Å². The number of carbonyl (C=O) groups is 1. The lowest BCUT2D eigenvalue weighted by molar-refractivity contribution is -0.119. The minimum atomic E-state index is -4.20. The first-order valence-corrected chi connectivity index (χ1v) is 11.1. The van der Waals surface area contributed by atoms with Crippen molar-refractivity contribution in [2.45, 2.75) is 11.3 Å². The summed E-state index contributed by atoms with van der Waals surface area (Å²) in [4.78, 5) is 12.5. The molecule has 0 aliphatic carbocycles. The van der Waals surface area contributed by atoms with Gasteiger partial charge in [-0.2, -0.15) is 0 Å². The molecule has 162 valence electrons. The van der Waals surface area contributed by atoms with Crippen molar-refractivity contribution in [3.8, 4) is 5.75 Å². The first kappa shape index (κ1) is 22.3.